The van der Waals surface area contributed by atoms with E-state index in [0.717, 1.165) is 12.5 Å². The molecule has 0 spiro atoms. The maximum atomic E-state index is 5.13. The Kier molecular flexibility index (Phi) is 7.01. The first kappa shape index (κ1) is 12.0. The van der Waals surface area contributed by atoms with Crippen molar-refractivity contribution < 1.29 is 0 Å². The lowest BCUT2D eigenvalue weighted by Gasteiger charge is -2.19. The van der Waals surface area contributed by atoms with Crippen molar-refractivity contribution in [1.82, 2.24) is 11.0 Å². The van der Waals surface area contributed by atoms with E-state index in [0.29, 0.717) is 0 Å². The number of hydrogen-bond acceptors (Lipinski definition) is 3. The molecule has 0 bridgehead atoms. The molecule has 0 heterocycles. The van der Waals surface area contributed by atoms with Gasteiger partial charge >= 0.3 is 0 Å². The highest BCUT2D eigenvalue weighted by atomic mass is 15.5. The topological polar surface area (TPSA) is 50.1 Å². The Balaban J connectivity index is 2.02. The van der Waals surface area contributed by atoms with Gasteiger partial charge in [-0.25, -0.2) is 5.43 Å². The van der Waals surface area contributed by atoms with Crippen LogP contribution in [0.15, 0.2) is 0 Å². The number of hydrogen-bond donors (Lipinski definition) is 3. The van der Waals surface area contributed by atoms with Gasteiger partial charge in [-0.05, 0) is 18.8 Å². The average molecular weight is 199 g/mol. The highest BCUT2D eigenvalue weighted by molar-refractivity contribution is 4.64. The average Bonchev–Trinajstić information content (AvgIpc) is 2.15. The normalized spacial score (nSPS) is 20.4. The van der Waals surface area contributed by atoms with Crippen molar-refractivity contribution in [2.24, 2.45) is 11.8 Å². The highest BCUT2D eigenvalue weighted by Crippen LogP contribution is 2.25. The van der Waals surface area contributed by atoms with Crippen LogP contribution in [0.1, 0.15) is 57.8 Å². The molecule has 0 aliphatic heterocycles. The minimum Gasteiger partial charge on any atom is -0.258 e. The first-order valence-electron chi connectivity index (χ1n) is 6.12. The zero-order chi connectivity index (χ0) is 10.1. The van der Waals surface area contributed by atoms with E-state index >= 15 is 0 Å². The van der Waals surface area contributed by atoms with Crippen molar-refractivity contribution in [2.45, 2.75) is 57.8 Å². The number of hydrazine groups is 2. The van der Waals surface area contributed by atoms with Crippen LogP contribution in [0.25, 0.3) is 0 Å². The van der Waals surface area contributed by atoms with E-state index in [1.54, 1.807) is 0 Å². The second-order valence-corrected chi connectivity index (χ2v) is 4.42. The predicted octanol–water partition coefficient (Wildman–Crippen LogP) is 2.09. The Bertz CT molecular complexity index is 120. The summed E-state index contributed by atoms with van der Waals surface area (Å²) < 4.78 is 0. The summed E-state index contributed by atoms with van der Waals surface area (Å²) in [4.78, 5) is 0. The quantitative estimate of drug-likeness (QED) is 0.361. The molecule has 1 saturated carbocycles. The minimum atomic E-state index is 0.981. The number of nitrogens with one attached hydrogen (secondary N) is 2. The summed E-state index contributed by atoms with van der Waals surface area (Å²) in [6.07, 6.45) is 12.8. The van der Waals surface area contributed by atoms with Crippen LogP contribution >= 0.6 is 0 Å². The van der Waals surface area contributed by atoms with Crippen molar-refractivity contribution in [2.75, 3.05) is 6.54 Å². The SMILES string of the molecule is NNNCCCC1CCCCCCC1. The molecule has 1 aliphatic rings. The molecule has 4 N–H and O–H groups in total. The summed E-state index contributed by atoms with van der Waals surface area (Å²) in [6, 6.07) is 0. The van der Waals surface area contributed by atoms with Gasteiger partial charge in [0.2, 0.25) is 0 Å². The standard InChI is InChI=1S/C11H25N3/c12-14-13-10-6-9-11-7-4-2-1-3-5-8-11/h11,13-14H,1-10,12H2. The molecule has 1 fully saturated rings. The number of nitrogens with two attached hydrogens (primary N) is 1. The lowest BCUT2D eigenvalue weighted by atomic mass is 9.88. The van der Waals surface area contributed by atoms with Gasteiger partial charge in [-0.2, -0.15) is 5.53 Å². The van der Waals surface area contributed by atoms with Crippen LogP contribution in [-0.2, 0) is 0 Å². The van der Waals surface area contributed by atoms with Crippen LogP contribution < -0.4 is 16.8 Å². The van der Waals surface area contributed by atoms with Gasteiger partial charge in [-0.3, -0.25) is 5.84 Å². The van der Waals surface area contributed by atoms with Crippen molar-refractivity contribution in [3.05, 3.63) is 0 Å². The molecule has 0 amide bonds. The minimum absolute atomic E-state index is 0.981. The van der Waals surface area contributed by atoms with Crippen LogP contribution in [0.2, 0.25) is 0 Å². The maximum Gasteiger partial charge on any atom is 0.0113 e. The van der Waals surface area contributed by atoms with Crippen LogP contribution in [0, 0.1) is 5.92 Å². The molecule has 0 radical (unpaired) electrons. The summed E-state index contributed by atoms with van der Waals surface area (Å²) >= 11 is 0. The van der Waals surface area contributed by atoms with Crippen molar-refractivity contribution in [1.29, 1.82) is 0 Å². The lowest BCUT2D eigenvalue weighted by Crippen LogP contribution is -2.38. The van der Waals surface area contributed by atoms with Crippen LogP contribution in [0.4, 0.5) is 0 Å². The first-order chi connectivity index (χ1) is 6.93. The molecule has 1 rings (SSSR count). The molecule has 0 atom stereocenters. The maximum absolute atomic E-state index is 5.13. The van der Waals surface area contributed by atoms with Gasteiger partial charge in [0.15, 0.2) is 0 Å². The third kappa shape index (κ3) is 5.58. The number of rotatable bonds is 5. The van der Waals surface area contributed by atoms with Gasteiger partial charge < -0.3 is 0 Å². The zero-order valence-electron chi connectivity index (χ0n) is 9.23. The molecule has 0 aromatic heterocycles. The van der Waals surface area contributed by atoms with Crippen LogP contribution in [0.5, 0.6) is 0 Å². The second-order valence-electron chi connectivity index (χ2n) is 4.42. The summed E-state index contributed by atoms with van der Waals surface area (Å²) in [6.45, 7) is 0.993. The Labute approximate surface area is 87.8 Å². The van der Waals surface area contributed by atoms with E-state index < -0.39 is 0 Å². The van der Waals surface area contributed by atoms with Gasteiger partial charge in [0.25, 0.3) is 0 Å². The summed E-state index contributed by atoms with van der Waals surface area (Å²) in [5, 5.41) is 0. The van der Waals surface area contributed by atoms with E-state index in [-0.39, 0.29) is 0 Å². The molecule has 0 saturated heterocycles. The predicted molar refractivity (Wildman–Crippen MR) is 60.4 cm³/mol. The Morgan fingerprint density at radius 1 is 1.00 bits per heavy atom. The summed E-state index contributed by atoms with van der Waals surface area (Å²) in [5.41, 5.74) is 5.42. The van der Waals surface area contributed by atoms with E-state index in [9.17, 15) is 0 Å². The highest BCUT2D eigenvalue weighted by Gasteiger charge is 2.10. The van der Waals surface area contributed by atoms with Gasteiger partial charge in [-0.15, -0.1) is 0 Å². The molecule has 84 valence electrons. The lowest BCUT2D eigenvalue weighted by molar-refractivity contribution is 0.346. The summed E-state index contributed by atoms with van der Waals surface area (Å²) in [7, 11) is 0. The van der Waals surface area contributed by atoms with E-state index in [1.807, 2.05) is 0 Å². The third-order valence-corrected chi connectivity index (χ3v) is 3.24. The zero-order valence-corrected chi connectivity index (χ0v) is 9.23. The fourth-order valence-corrected chi connectivity index (χ4v) is 2.38. The van der Waals surface area contributed by atoms with Crippen molar-refractivity contribution in [3.8, 4) is 0 Å². The van der Waals surface area contributed by atoms with Gasteiger partial charge in [0, 0.05) is 6.54 Å². The molecular formula is C11H25N3. The Hall–Kier alpha value is -0.120. The third-order valence-electron chi connectivity index (χ3n) is 3.24. The van der Waals surface area contributed by atoms with Gasteiger partial charge in [0.05, 0.1) is 0 Å². The molecule has 3 heteroatoms. The molecule has 14 heavy (non-hydrogen) atoms. The molecule has 1 aliphatic carbocycles. The fourth-order valence-electron chi connectivity index (χ4n) is 2.38. The molecule has 3 nitrogen and oxygen atoms in total. The van der Waals surface area contributed by atoms with Gasteiger partial charge in [-0.1, -0.05) is 44.9 Å². The van der Waals surface area contributed by atoms with Crippen LogP contribution in [0.3, 0.4) is 0 Å². The van der Waals surface area contributed by atoms with E-state index in [2.05, 4.69) is 11.0 Å². The smallest absolute Gasteiger partial charge is 0.0113 e. The van der Waals surface area contributed by atoms with Crippen molar-refractivity contribution >= 4 is 0 Å². The fraction of sp³-hybridized carbons (Fsp3) is 1.00. The first-order valence-corrected chi connectivity index (χ1v) is 6.12. The Morgan fingerprint density at radius 2 is 1.64 bits per heavy atom. The second kappa shape index (κ2) is 8.21. The van der Waals surface area contributed by atoms with Crippen molar-refractivity contribution in [3.63, 3.8) is 0 Å². The molecule has 0 aromatic carbocycles. The van der Waals surface area contributed by atoms with Crippen LogP contribution in [-0.4, -0.2) is 6.54 Å². The van der Waals surface area contributed by atoms with E-state index in [1.165, 1.54) is 57.8 Å². The Morgan fingerprint density at radius 3 is 2.29 bits per heavy atom. The monoisotopic (exact) mass is 199 g/mol. The molecular weight excluding hydrogens is 174 g/mol. The van der Waals surface area contributed by atoms with E-state index in [4.69, 9.17) is 5.84 Å². The largest absolute Gasteiger partial charge is 0.258 e. The molecule has 0 unspecified atom stereocenters. The summed E-state index contributed by atoms with van der Waals surface area (Å²) in [5.74, 6) is 6.11. The van der Waals surface area contributed by atoms with Gasteiger partial charge in [0.1, 0.15) is 0 Å². The molecule has 0 aromatic rings.